The smallest absolute Gasteiger partial charge is 0.344 e. The molecule has 10 heteroatoms. The molecule has 10 nitrogen and oxygen atoms in total. The van der Waals surface area contributed by atoms with Crippen molar-refractivity contribution in [2.45, 2.75) is 27.2 Å². The van der Waals surface area contributed by atoms with Gasteiger partial charge in [-0.2, -0.15) is 0 Å². The number of ketones is 1. The summed E-state index contributed by atoms with van der Waals surface area (Å²) in [7, 11) is 0. The van der Waals surface area contributed by atoms with Crippen LogP contribution in [0, 0.1) is 0 Å². The summed E-state index contributed by atoms with van der Waals surface area (Å²) in [6, 6.07) is 10.0. The van der Waals surface area contributed by atoms with E-state index in [0.29, 0.717) is 61.3 Å². The van der Waals surface area contributed by atoms with Crippen molar-refractivity contribution in [1.82, 2.24) is 0 Å². The lowest BCUT2D eigenvalue weighted by Crippen LogP contribution is -2.36. The number of esters is 1. The molecule has 2 aromatic rings. The Morgan fingerprint density at radius 2 is 1.57 bits per heavy atom. The highest BCUT2D eigenvalue weighted by Gasteiger charge is 2.21. The van der Waals surface area contributed by atoms with Crippen LogP contribution in [0.5, 0.6) is 17.2 Å². The molecule has 0 unspecified atom stereocenters. The summed E-state index contributed by atoms with van der Waals surface area (Å²) in [6.45, 7) is 8.19. The van der Waals surface area contributed by atoms with Gasteiger partial charge in [0.2, 0.25) is 0 Å². The van der Waals surface area contributed by atoms with Gasteiger partial charge in [0.25, 0.3) is 5.91 Å². The summed E-state index contributed by atoms with van der Waals surface area (Å²) in [6.07, 6.45) is 0.408. The topological polar surface area (TPSA) is 113 Å². The Morgan fingerprint density at radius 3 is 2.22 bits per heavy atom. The zero-order chi connectivity index (χ0) is 26.6. The second-order valence-corrected chi connectivity index (χ2v) is 8.08. The van der Waals surface area contributed by atoms with Crippen molar-refractivity contribution in [1.29, 1.82) is 0 Å². The van der Waals surface area contributed by atoms with Crippen molar-refractivity contribution in [3.8, 4) is 17.2 Å². The quantitative estimate of drug-likeness (QED) is 0.317. The lowest BCUT2D eigenvalue weighted by molar-refractivity contribution is -0.149. The van der Waals surface area contributed by atoms with Crippen LogP contribution in [-0.2, 0) is 19.1 Å². The molecule has 1 aliphatic heterocycles. The molecular weight excluding hydrogens is 480 g/mol. The van der Waals surface area contributed by atoms with E-state index >= 15 is 0 Å². The maximum Gasteiger partial charge on any atom is 0.344 e. The number of benzene rings is 2. The van der Waals surface area contributed by atoms with E-state index in [4.69, 9.17) is 23.7 Å². The average Bonchev–Trinajstić information content (AvgIpc) is 2.92. The first-order chi connectivity index (χ1) is 17.9. The number of nitrogens with zero attached hydrogens (tertiary/aromatic N) is 1. The first-order valence-electron chi connectivity index (χ1n) is 12.4. The molecule has 1 saturated heterocycles. The number of hydrogen-bond acceptors (Lipinski definition) is 9. The lowest BCUT2D eigenvalue weighted by atomic mass is 10.1. The number of hydrogen-bond donors (Lipinski definition) is 1. The first kappa shape index (κ1) is 27.8. The van der Waals surface area contributed by atoms with E-state index in [-0.39, 0.29) is 12.4 Å². The van der Waals surface area contributed by atoms with Crippen molar-refractivity contribution in [2.75, 3.05) is 62.9 Å². The van der Waals surface area contributed by atoms with E-state index < -0.39 is 18.5 Å². The molecule has 1 N–H and O–H groups in total. The zero-order valence-electron chi connectivity index (χ0n) is 21.5. The molecule has 200 valence electrons. The third-order valence-corrected chi connectivity index (χ3v) is 5.51. The third-order valence-electron chi connectivity index (χ3n) is 5.51. The van der Waals surface area contributed by atoms with Gasteiger partial charge in [0.1, 0.15) is 17.2 Å². The summed E-state index contributed by atoms with van der Waals surface area (Å²) < 4.78 is 27.5. The molecule has 1 fully saturated rings. The van der Waals surface area contributed by atoms with Gasteiger partial charge in [-0.3, -0.25) is 9.59 Å². The summed E-state index contributed by atoms with van der Waals surface area (Å²) in [5.41, 5.74) is 1.86. The van der Waals surface area contributed by atoms with Crippen LogP contribution in [0.1, 0.15) is 37.6 Å². The van der Waals surface area contributed by atoms with E-state index in [1.54, 1.807) is 37.3 Å². The predicted octanol–water partition coefficient (Wildman–Crippen LogP) is 3.47. The Bertz CT molecular complexity index is 1060. The number of rotatable bonds is 13. The van der Waals surface area contributed by atoms with E-state index in [1.165, 1.54) is 0 Å². The van der Waals surface area contributed by atoms with Gasteiger partial charge in [-0.15, -0.1) is 0 Å². The summed E-state index contributed by atoms with van der Waals surface area (Å²) in [5.74, 6) is 0.304. The van der Waals surface area contributed by atoms with Gasteiger partial charge in [-0.1, -0.05) is 6.92 Å². The number of carbonyl (C=O) groups excluding carboxylic acids is 3. The molecule has 3 rings (SSSR count). The van der Waals surface area contributed by atoms with E-state index in [1.807, 2.05) is 19.9 Å². The molecule has 0 atom stereocenters. The number of amides is 1. The number of carbonyl (C=O) groups is 3. The van der Waals surface area contributed by atoms with Gasteiger partial charge in [0.05, 0.1) is 37.8 Å². The summed E-state index contributed by atoms with van der Waals surface area (Å²) in [4.78, 5) is 38.5. The van der Waals surface area contributed by atoms with Crippen LogP contribution in [0.3, 0.4) is 0 Å². The number of ether oxygens (including phenoxy) is 5. The third kappa shape index (κ3) is 8.11. The van der Waals surface area contributed by atoms with Crippen molar-refractivity contribution in [2.24, 2.45) is 0 Å². The molecular formula is C27H34N2O8. The van der Waals surface area contributed by atoms with Crippen LogP contribution in [0.25, 0.3) is 0 Å². The van der Waals surface area contributed by atoms with E-state index in [9.17, 15) is 14.4 Å². The van der Waals surface area contributed by atoms with Gasteiger partial charge >= 0.3 is 5.97 Å². The average molecular weight is 515 g/mol. The molecule has 0 aliphatic carbocycles. The number of morpholine rings is 1. The van der Waals surface area contributed by atoms with Crippen molar-refractivity contribution >= 4 is 29.0 Å². The minimum Gasteiger partial charge on any atom is -0.492 e. The SMILES string of the molecule is CCOc1cc(N2CCOCC2)c(OCC)cc1NC(=O)COC(=O)COc1ccc(C(=O)CC)cc1. The van der Waals surface area contributed by atoms with Crippen LogP contribution in [0.4, 0.5) is 11.4 Å². The minimum absolute atomic E-state index is 0.0218. The molecule has 1 heterocycles. The first-order valence-corrected chi connectivity index (χ1v) is 12.4. The molecule has 0 spiro atoms. The largest absolute Gasteiger partial charge is 0.492 e. The van der Waals surface area contributed by atoms with Crippen LogP contribution in [-0.4, -0.2) is 70.4 Å². The van der Waals surface area contributed by atoms with Crippen molar-refractivity contribution < 1.29 is 38.1 Å². The highest BCUT2D eigenvalue weighted by molar-refractivity contribution is 5.96. The highest BCUT2D eigenvalue weighted by atomic mass is 16.6. The second-order valence-electron chi connectivity index (χ2n) is 8.08. The normalized spacial score (nSPS) is 13.0. The predicted molar refractivity (Wildman–Crippen MR) is 138 cm³/mol. The Hall–Kier alpha value is -3.79. The molecule has 0 bridgehead atoms. The number of Topliss-reactive ketones (excluding diaryl/α,β-unsaturated/α-hetero) is 1. The van der Waals surface area contributed by atoms with Gasteiger partial charge in [0.15, 0.2) is 19.0 Å². The number of nitrogens with one attached hydrogen (secondary N) is 1. The summed E-state index contributed by atoms with van der Waals surface area (Å²) >= 11 is 0. The lowest BCUT2D eigenvalue weighted by Gasteiger charge is -2.31. The molecule has 0 aromatic heterocycles. The Balaban J connectivity index is 1.58. The van der Waals surface area contributed by atoms with E-state index in [2.05, 4.69) is 10.2 Å². The summed E-state index contributed by atoms with van der Waals surface area (Å²) in [5, 5.41) is 2.74. The molecule has 1 amide bonds. The van der Waals surface area contributed by atoms with E-state index in [0.717, 1.165) is 18.8 Å². The van der Waals surface area contributed by atoms with Crippen LogP contribution >= 0.6 is 0 Å². The monoisotopic (exact) mass is 514 g/mol. The fourth-order valence-corrected chi connectivity index (χ4v) is 3.70. The standard InChI is InChI=1S/C27H34N2O8/c1-4-23(30)19-7-9-20(10-8-19)36-18-27(32)37-17-26(31)28-21-15-25(35-6-3)22(16-24(21)34-5-2)29-11-13-33-14-12-29/h7-10,15-16H,4-6,11-14,17-18H2,1-3H3,(H,28,31). The Kier molecular flexibility index (Phi) is 10.6. The van der Waals surface area contributed by atoms with Crippen molar-refractivity contribution in [3.63, 3.8) is 0 Å². The maximum atomic E-state index is 12.5. The highest BCUT2D eigenvalue weighted by Crippen LogP contribution is 2.39. The van der Waals surface area contributed by atoms with Gasteiger partial charge in [-0.05, 0) is 38.1 Å². The maximum absolute atomic E-state index is 12.5. The van der Waals surface area contributed by atoms with Gasteiger partial charge in [-0.25, -0.2) is 4.79 Å². The fraction of sp³-hybridized carbons (Fsp3) is 0.444. The Labute approximate surface area is 216 Å². The fourth-order valence-electron chi connectivity index (χ4n) is 3.70. The molecule has 0 saturated carbocycles. The molecule has 37 heavy (non-hydrogen) atoms. The molecule has 1 aliphatic rings. The van der Waals surface area contributed by atoms with Crippen LogP contribution in [0.2, 0.25) is 0 Å². The minimum atomic E-state index is -0.702. The van der Waals surface area contributed by atoms with Gasteiger partial charge in [0, 0.05) is 37.2 Å². The van der Waals surface area contributed by atoms with Gasteiger partial charge < -0.3 is 33.9 Å². The number of anilines is 2. The molecule has 0 radical (unpaired) electrons. The van der Waals surface area contributed by atoms with Crippen molar-refractivity contribution in [3.05, 3.63) is 42.0 Å². The van der Waals surface area contributed by atoms with Crippen LogP contribution in [0.15, 0.2) is 36.4 Å². The second kappa shape index (κ2) is 14.1. The molecule has 2 aromatic carbocycles. The Morgan fingerprint density at radius 1 is 0.892 bits per heavy atom. The van der Waals surface area contributed by atoms with Crippen LogP contribution < -0.4 is 24.4 Å². The zero-order valence-corrected chi connectivity index (χ0v) is 21.5.